The maximum absolute atomic E-state index is 11.5. The normalized spacial score (nSPS) is 10.7. The first-order valence-corrected chi connectivity index (χ1v) is 7.97. The van der Waals surface area contributed by atoms with E-state index in [0.717, 1.165) is 10.5 Å². The minimum atomic E-state index is -0.638. The van der Waals surface area contributed by atoms with Gasteiger partial charge in [0.05, 0.1) is 0 Å². The largest absolute Gasteiger partial charge is 0.452 e. The van der Waals surface area contributed by atoms with Crippen LogP contribution in [0.5, 0.6) is 0 Å². The Balaban J connectivity index is 2.40. The number of ether oxygens (including phenoxy) is 1. The summed E-state index contributed by atoms with van der Waals surface area (Å²) < 4.78 is 4.76. The number of benzene rings is 1. The second kappa shape index (κ2) is 9.04. The maximum atomic E-state index is 11.5. The Labute approximate surface area is 134 Å². The number of amides is 2. The highest BCUT2D eigenvalue weighted by Crippen LogP contribution is 2.15. The van der Waals surface area contributed by atoms with Crippen molar-refractivity contribution in [3.05, 3.63) is 35.9 Å². The van der Waals surface area contributed by atoms with Gasteiger partial charge in [0.15, 0.2) is 6.61 Å². The fraction of sp³-hybridized carbons (Fsp3) is 0.312. The van der Waals surface area contributed by atoms with Gasteiger partial charge in [0, 0.05) is 16.9 Å². The molecule has 0 aliphatic rings. The van der Waals surface area contributed by atoms with Gasteiger partial charge in [0.2, 0.25) is 5.91 Å². The van der Waals surface area contributed by atoms with Gasteiger partial charge in [0.1, 0.15) is 0 Å². The molecule has 0 unspecified atom stereocenters. The average Bonchev–Trinajstić information content (AvgIpc) is 2.51. The number of carbonyl (C=O) groups is 3. The molecular weight excluding hydrogens is 302 g/mol. The zero-order valence-electron chi connectivity index (χ0n) is 12.8. The van der Waals surface area contributed by atoms with Crippen LogP contribution < -0.4 is 5.32 Å². The summed E-state index contributed by atoms with van der Waals surface area (Å²) in [6.45, 7) is 2.85. The molecule has 0 spiro atoms. The van der Waals surface area contributed by atoms with Crippen molar-refractivity contribution in [2.45, 2.75) is 18.7 Å². The minimum absolute atomic E-state index is 0.302. The van der Waals surface area contributed by atoms with E-state index in [-0.39, 0.29) is 5.92 Å². The number of esters is 1. The summed E-state index contributed by atoms with van der Waals surface area (Å²) in [5, 5.41) is 2.14. The van der Waals surface area contributed by atoms with Gasteiger partial charge in [-0.1, -0.05) is 26.0 Å². The number of rotatable bonds is 6. The zero-order chi connectivity index (χ0) is 16.5. The molecule has 0 saturated heterocycles. The van der Waals surface area contributed by atoms with E-state index in [9.17, 15) is 14.4 Å². The number of hydrogen-bond donors (Lipinski definition) is 1. The van der Waals surface area contributed by atoms with Crippen LogP contribution >= 0.6 is 11.8 Å². The first-order valence-electron chi connectivity index (χ1n) is 6.75. The molecule has 1 N–H and O–H groups in total. The molecule has 0 bridgehead atoms. The molecule has 0 atom stereocenters. The van der Waals surface area contributed by atoms with E-state index in [2.05, 4.69) is 5.32 Å². The third-order valence-corrected chi connectivity index (χ3v) is 3.40. The highest BCUT2D eigenvalue weighted by atomic mass is 32.2. The van der Waals surface area contributed by atoms with Crippen molar-refractivity contribution < 1.29 is 19.1 Å². The first-order chi connectivity index (χ1) is 10.4. The standard InChI is InChI=1S/C16H19NO4S/c1-11(2)16(20)17-14(18)10-21-15(19)9-6-12-4-7-13(22-3)8-5-12/h4-9,11H,10H2,1-3H3,(H,17,18,20)/b9-6+. The molecule has 0 heterocycles. The third kappa shape index (κ3) is 6.58. The second-order valence-corrected chi connectivity index (χ2v) is 5.66. The highest BCUT2D eigenvalue weighted by molar-refractivity contribution is 7.98. The summed E-state index contributed by atoms with van der Waals surface area (Å²) in [5.41, 5.74) is 0.856. The molecule has 0 radical (unpaired) electrons. The topological polar surface area (TPSA) is 72.5 Å². The second-order valence-electron chi connectivity index (χ2n) is 4.78. The average molecular weight is 321 g/mol. The number of thioether (sulfide) groups is 1. The third-order valence-electron chi connectivity index (χ3n) is 2.66. The molecule has 1 aromatic rings. The van der Waals surface area contributed by atoms with Crippen molar-refractivity contribution in [1.29, 1.82) is 0 Å². The van der Waals surface area contributed by atoms with Crippen LogP contribution in [0.2, 0.25) is 0 Å². The summed E-state index contributed by atoms with van der Waals surface area (Å²) in [5.74, 6) is -1.97. The summed E-state index contributed by atoms with van der Waals surface area (Å²) in [6, 6.07) is 7.65. The zero-order valence-corrected chi connectivity index (χ0v) is 13.6. The quantitative estimate of drug-likeness (QED) is 0.494. The van der Waals surface area contributed by atoms with Crippen molar-refractivity contribution in [3.63, 3.8) is 0 Å². The Morgan fingerprint density at radius 2 is 1.86 bits per heavy atom. The van der Waals surface area contributed by atoms with Gasteiger partial charge in [-0.15, -0.1) is 11.8 Å². The molecule has 0 aliphatic heterocycles. The Bertz CT molecular complexity index is 564. The van der Waals surface area contributed by atoms with Crippen LogP contribution in [-0.2, 0) is 19.1 Å². The number of imide groups is 1. The molecule has 5 nitrogen and oxygen atoms in total. The lowest BCUT2D eigenvalue weighted by atomic mass is 10.2. The van der Waals surface area contributed by atoms with Crippen LogP contribution in [0, 0.1) is 5.92 Å². The molecule has 22 heavy (non-hydrogen) atoms. The maximum Gasteiger partial charge on any atom is 0.331 e. The Kier molecular flexibility index (Phi) is 7.39. The van der Waals surface area contributed by atoms with E-state index < -0.39 is 24.4 Å². The van der Waals surface area contributed by atoms with Crippen molar-refractivity contribution in [2.75, 3.05) is 12.9 Å². The smallest absolute Gasteiger partial charge is 0.331 e. The lowest BCUT2D eigenvalue weighted by Gasteiger charge is -2.06. The van der Waals surface area contributed by atoms with Crippen molar-refractivity contribution in [1.82, 2.24) is 5.32 Å². The van der Waals surface area contributed by atoms with Gasteiger partial charge in [-0.3, -0.25) is 14.9 Å². The molecule has 118 valence electrons. The summed E-state index contributed by atoms with van der Waals surface area (Å²) in [4.78, 5) is 35.3. The monoisotopic (exact) mass is 321 g/mol. The van der Waals surface area contributed by atoms with Crippen molar-refractivity contribution in [2.24, 2.45) is 5.92 Å². The predicted molar refractivity (Wildman–Crippen MR) is 86.2 cm³/mol. The summed E-state index contributed by atoms with van der Waals surface area (Å²) >= 11 is 1.63. The molecular formula is C16H19NO4S. The van der Waals surface area contributed by atoms with E-state index in [1.807, 2.05) is 30.5 Å². The van der Waals surface area contributed by atoms with Gasteiger partial charge in [-0.2, -0.15) is 0 Å². The molecule has 1 aromatic carbocycles. The predicted octanol–water partition coefficient (Wildman–Crippen LogP) is 2.26. The van der Waals surface area contributed by atoms with Gasteiger partial charge in [-0.25, -0.2) is 4.79 Å². The number of nitrogens with one attached hydrogen (secondary N) is 1. The van der Waals surface area contributed by atoms with Crippen LogP contribution in [0.1, 0.15) is 19.4 Å². The first kappa shape index (κ1) is 18.0. The SMILES string of the molecule is CSc1ccc(/C=C/C(=O)OCC(=O)NC(=O)C(C)C)cc1. The van der Waals surface area contributed by atoms with E-state index in [1.54, 1.807) is 31.7 Å². The lowest BCUT2D eigenvalue weighted by Crippen LogP contribution is -2.36. The Morgan fingerprint density at radius 3 is 2.41 bits per heavy atom. The minimum Gasteiger partial charge on any atom is -0.452 e. The van der Waals surface area contributed by atoms with E-state index >= 15 is 0 Å². The van der Waals surface area contributed by atoms with Crippen LogP contribution in [0.4, 0.5) is 0 Å². The summed E-state index contributed by atoms with van der Waals surface area (Å²) in [6.07, 6.45) is 4.83. The molecule has 0 saturated carbocycles. The molecule has 6 heteroatoms. The van der Waals surface area contributed by atoms with Crippen LogP contribution in [0.15, 0.2) is 35.2 Å². The molecule has 0 aromatic heterocycles. The van der Waals surface area contributed by atoms with Gasteiger partial charge < -0.3 is 4.74 Å². The molecule has 2 amide bonds. The molecule has 0 fully saturated rings. The van der Waals surface area contributed by atoms with Gasteiger partial charge in [0.25, 0.3) is 5.91 Å². The highest BCUT2D eigenvalue weighted by Gasteiger charge is 2.12. The van der Waals surface area contributed by atoms with Crippen molar-refractivity contribution in [3.8, 4) is 0 Å². The fourth-order valence-electron chi connectivity index (χ4n) is 1.38. The van der Waals surface area contributed by atoms with Crippen LogP contribution in [-0.4, -0.2) is 30.6 Å². The number of carbonyl (C=O) groups excluding carboxylic acids is 3. The lowest BCUT2D eigenvalue weighted by molar-refractivity contribution is -0.145. The van der Waals surface area contributed by atoms with Crippen LogP contribution in [0.25, 0.3) is 6.08 Å². The number of hydrogen-bond acceptors (Lipinski definition) is 5. The van der Waals surface area contributed by atoms with Gasteiger partial charge in [-0.05, 0) is 30.0 Å². The van der Waals surface area contributed by atoms with E-state index in [4.69, 9.17) is 4.74 Å². The molecule has 1 rings (SSSR count). The Morgan fingerprint density at radius 1 is 1.23 bits per heavy atom. The van der Waals surface area contributed by atoms with Crippen molar-refractivity contribution >= 4 is 35.6 Å². The fourth-order valence-corrected chi connectivity index (χ4v) is 1.79. The molecule has 0 aliphatic carbocycles. The van der Waals surface area contributed by atoms with Crippen LogP contribution in [0.3, 0.4) is 0 Å². The van der Waals surface area contributed by atoms with E-state index in [0.29, 0.717) is 0 Å². The van der Waals surface area contributed by atoms with Gasteiger partial charge >= 0.3 is 5.97 Å². The summed E-state index contributed by atoms with van der Waals surface area (Å²) in [7, 11) is 0. The Hall–Kier alpha value is -2.08. The van der Waals surface area contributed by atoms with E-state index in [1.165, 1.54) is 6.08 Å².